The van der Waals surface area contributed by atoms with Gasteiger partial charge in [-0.05, 0) is 42.5 Å². The molecule has 0 aliphatic rings. The molecule has 0 aliphatic heterocycles. The number of carbonyl (C=O) groups is 3. The van der Waals surface area contributed by atoms with E-state index < -0.39 is 11.8 Å². The first kappa shape index (κ1) is 23.1. The van der Waals surface area contributed by atoms with Crippen LogP contribution in [0, 0.1) is 0 Å². The van der Waals surface area contributed by atoms with Gasteiger partial charge in [0.2, 0.25) is 0 Å². The third-order valence-corrected chi connectivity index (χ3v) is 4.40. The molecular formula is C23H22N4O6. The lowest BCUT2D eigenvalue weighted by molar-refractivity contribution is -0.133. The largest absolute Gasteiger partial charge is 0.497 e. The average molecular weight is 450 g/mol. The van der Waals surface area contributed by atoms with E-state index in [0.29, 0.717) is 34.4 Å². The highest BCUT2D eigenvalue weighted by molar-refractivity contribution is 6.43. The molecular weight excluding hydrogens is 428 g/mol. The number of ether oxygens (including phenoxy) is 3. The molecule has 2 aromatic carbocycles. The number of anilines is 2. The van der Waals surface area contributed by atoms with Crippen LogP contribution < -0.4 is 30.2 Å². The molecule has 1 aromatic heterocycles. The number of methoxy groups -OCH3 is 2. The summed E-state index contributed by atoms with van der Waals surface area (Å²) < 4.78 is 16.0. The van der Waals surface area contributed by atoms with Crippen molar-refractivity contribution in [3.8, 4) is 23.0 Å². The molecule has 33 heavy (non-hydrogen) atoms. The van der Waals surface area contributed by atoms with Crippen LogP contribution in [0.2, 0.25) is 0 Å². The molecule has 0 saturated carbocycles. The lowest BCUT2D eigenvalue weighted by Gasteiger charge is -2.12. The van der Waals surface area contributed by atoms with Gasteiger partial charge in [0.05, 0.1) is 19.9 Å². The van der Waals surface area contributed by atoms with Gasteiger partial charge in [-0.3, -0.25) is 19.4 Å². The van der Waals surface area contributed by atoms with Crippen molar-refractivity contribution in [2.24, 2.45) is 0 Å². The van der Waals surface area contributed by atoms with E-state index in [1.165, 1.54) is 33.5 Å². The summed E-state index contributed by atoms with van der Waals surface area (Å²) in [5.41, 5.74) is 0.910. The summed E-state index contributed by atoms with van der Waals surface area (Å²) in [5, 5.41) is 7.50. The monoisotopic (exact) mass is 450 g/mol. The van der Waals surface area contributed by atoms with Crippen molar-refractivity contribution in [1.82, 2.24) is 10.3 Å². The molecule has 10 heteroatoms. The Morgan fingerprint density at radius 2 is 1.48 bits per heavy atom. The van der Waals surface area contributed by atoms with Gasteiger partial charge in [-0.1, -0.05) is 0 Å². The highest BCUT2D eigenvalue weighted by Gasteiger charge is 2.17. The topological polar surface area (TPSA) is 128 Å². The van der Waals surface area contributed by atoms with E-state index in [0.717, 1.165) is 0 Å². The molecule has 0 atom stereocenters. The first-order chi connectivity index (χ1) is 15.9. The zero-order valence-electron chi connectivity index (χ0n) is 18.2. The van der Waals surface area contributed by atoms with Gasteiger partial charge >= 0.3 is 11.8 Å². The quantitative estimate of drug-likeness (QED) is 0.472. The Labute approximate surface area is 189 Å². The lowest BCUT2D eigenvalue weighted by Crippen LogP contribution is -2.29. The normalized spacial score (nSPS) is 10.0. The summed E-state index contributed by atoms with van der Waals surface area (Å²) in [6.07, 6.45) is 1.46. The van der Waals surface area contributed by atoms with Crippen molar-refractivity contribution in [2.45, 2.75) is 0 Å². The van der Waals surface area contributed by atoms with Crippen molar-refractivity contribution in [1.29, 1.82) is 0 Å². The smallest absolute Gasteiger partial charge is 0.314 e. The van der Waals surface area contributed by atoms with Crippen LogP contribution in [-0.4, -0.2) is 44.0 Å². The Kier molecular flexibility index (Phi) is 7.43. The molecule has 0 fully saturated rings. The van der Waals surface area contributed by atoms with Gasteiger partial charge in [-0.2, -0.15) is 0 Å². The number of hydrogen-bond donors (Lipinski definition) is 3. The second-order valence-corrected chi connectivity index (χ2v) is 6.56. The number of nitrogens with zero attached hydrogens (tertiary/aromatic N) is 1. The molecule has 0 unspecified atom stereocenters. The van der Waals surface area contributed by atoms with E-state index in [1.807, 2.05) is 0 Å². The zero-order chi connectivity index (χ0) is 23.8. The molecule has 0 aliphatic carbocycles. The summed E-state index contributed by atoms with van der Waals surface area (Å²) in [6, 6.07) is 14.3. The van der Waals surface area contributed by atoms with Crippen LogP contribution >= 0.6 is 0 Å². The number of carbonyl (C=O) groups excluding carboxylic acids is 3. The fourth-order valence-electron chi connectivity index (χ4n) is 2.75. The number of nitrogens with one attached hydrogen (secondary N) is 3. The number of aromatic nitrogens is 1. The minimum Gasteiger partial charge on any atom is -0.497 e. The SMILES string of the molecule is CNC(=O)c1cc(Oc2ccc(NC(=O)C(=O)Nc3cc(OC)ccc3OC)cc2)ccn1. The van der Waals surface area contributed by atoms with Crippen LogP contribution in [0.3, 0.4) is 0 Å². The minimum absolute atomic E-state index is 0.220. The van der Waals surface area contributed by atoms with Gasteiger partial charge in [-0.25, -0.2) is 0 Å². The Balaban J connectivity index is 1.62. The molecule has 3 N–H and O–H groups in total. The summed E-state index contributed by atoms with van der Waals surface area (Å²) in [4.78, 5) is 40.3. The van der Waals surface area contributed by atoms with Gasteiger partial charge in [0.1, 0.15) is 28.7 Å². The van der Waals surface area contributed by atoms with E-state index in [1.54, 1.807) is 48.5 Å². The molecule has 10 nitrogen and oxygen atoms in total. The molecule has 0 radical (unpaired) electrons. The van der Waals surface area contributed by atoms with Gasteiger partial charge < -0.3 is 30.2 Å². The van der Waals surface area contributed by atoms with E-state index in [2.05, 4.69) is 20.9 Å². The van der Waals surface area contributed by atoms with E-state index in [9.17, 15) is 14.4 Å². The Morgan fingerprint density at radius 1 is 0.788 bits per heavy atom. The molecule has 0 saturated heterocycles. The predicted octanol–water partition coefficient (Wildman–Crippen LogP) is 2.83. The van der Waals surface area contributed by atoms with Crippen molar-refractivity contribution in [3.05, 3.63) is 66.5 Å². The maximum absolute atomic E-state index is 12.3. The minimum atomic E-state index is -0.875. The first-order valence-electron chi connectivity index (χ1n) is 9.74. The number of benzene rings is 2. The summed E-state index contributed by atoms with van der Waals surface area (Å²) in [7, 11) is 4.45. The van der Waals surface area contributed by atoms with Crippen molar-refractivity contribution in [2.75, 3.05) is 31.9 Å². The van der Waals surface area contributed by atoms with Crippen LogP contribution in [0.1, 0.15) is 10.5 Å². The third-order valence-electron chi connectivity index (χ3n) is 4.40. The maximum Gasteiger partial charge on any atom is 0.314 e. The molecule has 1 heterocycles. The predicted molar refractivity (Wildman–Crippen MR) is 121 cm³/mol. The van der Waals surface area contributed by atoms with Crippen LogP contribution in [0.4, 0.5) is 11.4 Å². The Bertz CT molecular complexity index is 1160. The number of pyridine rings is 1. The summed E-state index contributed by atoms with van der Waals surface area (Å²) in [5.74, 6) is -0.297. The van der Waals surface area contributed by atoms with Crippen molar-refractivity contribution in [3.63, 3.8) is 0 Å². The molecule has 0 spiro atoms. The van der Waals surface area contributed by atoms with Gasteiger partial charge in [0, 0.05) is 31.1 Å². The second kappa shape index (κ2) is 10.6. The van der Waals surface area contributed by atoms with Crippen LogP contribution in [-0.2, 0) is 9.59 Å². The first-order valence-corrected chi connectivity index (χ1v) is 9.74. The Morgan fingerprint density at radius 3 is 2.15 bits per heavy atom. The van der Waals surface area contributed by atoms with E-state index >= 15 is 0 Å². The molecule has 0 bridgehead atoms. The summed E-state index contributed by atoms with van der Waals surface area (Å²) >= 11 is 0. The van der Waals surface area contributed by atoms with Crippen LogP contribution in [0.15, 0.2) is 60.8 Å². The molecule has 3 amide bonds. The second-order valence-electron chi connectivity index (χ2n) is 6.56. The van der Waals surface area contributed by atoms with E-state index in [-0.39, 0.29) is 11.6 Å². The van der Waals surface area contributed by atoms with Crippen molar-refractivity contribution < 1.29 is 28.6 Å². The Hall–Kier alpha value is -4.60. The van der Waals surface area contributed by atoms with Crippen LogP contribution in [0.25, 0.3) is 0 Å². The van der Waals surface area contributed by atoms with Gasteiger partial charge in [-0.15, -0.1) is 0 Å². The zero-order valence-corrected chi connectivity index (χ0v) is 18.2. The van der Waals surface area contributed by atoms with Gasteiger partial charge in [0.25, 0.3) is 5.91 Å². The molecule has 3 rings (SSSR count). The number of amides is 3. The fraction of sp³-hybridized carbons (Fsp3) is 0.130. The third kappa shape index (κ3) is 5.97. The van der Waals surface area contributed by atoms with Crippen molar-refractivity contribution >= 4 is 29.1 Å². The number of rotatable bonds is 7. The number of hydrogen-bond acceptors (Lipinski definition) is 7. The maximum atomic E-state index is 12.3. The summed E-state index contributed by atoms with van der Waals surface area (Å²) in [6.45, 7) is 0. The highest BCUT2D eigenvalue weighted by atomic mass is 16.5. The fourth-order valence-corrected chi connectivity index (χ4v) is 2.75. The van der Waals surface area contributed by atoms with Crippen LogP contribution in [0.5, 0.6) is 23.0 Å². The standard InChI is InChI=1S/C23H22N4O6/c1-24-21(28)19-13-17(10-11-25-19)33-15-6-4-14(5-7-15)26-22(29)23(30)27-18-12-16(31-2)8-9-20(18)32-3/h4-13H,1-3H3,(H,24,28)(H,26,29)(H,27,30). The highest BCUT2D eigenvalue weighted by Crippen LogP contribution is 2.29. The van der Waals surface area contributed by atoms with E-state index in [4.69, 9.17) is 14.2 Å². The lowest BCUT2D eigenvalue weighted by atomic mass is 10.2. The molecule has 170 valence electrons. The average Bonchev–Trinajstić information content (AvgIpc) is 2.84. The van der Waals surface area contributed by atoms with Gasteiger partial charge in [0.15, 0.2) is 0 Å². The molecule has 3 aromatic rings.